The fourth-order valence-corrected chi connectivity index (χ4v) is 6.10. The Kier molecular flexibility index (Phi) is 9.69. The zero-order valence-electron chi connectivity index (χ0n) is 24.4. The molecule has 5 rings (SSSR count). The van der Waals surface area contributed by atoms with E-state index >= 15 is 0 Å². The van der Waals surface area contributed by atoms with Crippen molar-refractivity contribution in [2.45, 2.75) is 58.2 Å². The number of halogens is 2. The Morgan fingerprint density at radius 3 is 2.28 bits per heavy atom. The van der Waals surface area contributed by atoms with Crippen LogP contribution < -0.4 is 10.2 Å². The maximum Gasteiger partial charge on any atom is 0.258 e. The molecule has 3 amide bonds. The first kappa shape index (κ1) is 30.6. The van der Waals surface area contributed by atoms with Gasteiger partial charge in [-0.1, -0.05) is 90.8 Å². The molecule has 1 aliphatic rings. The van der Waals surface area contributed by atoms with Crippen molar-refractivity contribution < 1.29 is 14.4 Å². The molecule has 6 nitrogen and oxygen atoms in total. The normalized spacial score (nSPS) is 13.7. The summed E-state index contributed by atoms with van der Waals surface area (Å²) in [6.45, 7) is 4.40. The zero-order chi connectivity index (χ0) is 30.5. The predicted molar refractivity (Wildman–Crippen MR) is 174 cm³/mol. The molecule has 4 aromatic rings. The lowest BCUT2D eigenvalue weighted by molar-refractivity contribution is -0.141. The van der Waals surface area contributed by atoms with Crippen LogP contribution in [-0.4, -0.2) is 41.2 Å². The number of carbonyl (C=O) groups is 3. The lowest BCUT2D eigenvalue weighted by atomic mass is 10.0. The summed E-state index contributed by atoms with van der Waals surface area (Å²) in [4.78, 5) is 44.5. The van der Waals surface area contributed by atoms with Crippen LogP contribution in [0.4, 0.5) is 5.69 Å². The summed E-state index contributed by atoms with van der Waals surface area (Å²) < 4.78 is 0. The van der Waals surface area contributed by atoms with Crippen LogP contribution in [0.15, 0.2) is 84.9 Å². The van der Waals surface area contributed by atoms with Gasteiger partial charge in [0.25, 0.3) is 5.91 Å². The topological polar surface area (TPSA) is 69.7 Å². The van der Waals surface area contributed by atoms with Gasteiger partial charge in [0.1, 0.15) is 6.04 Å². The van der Waals surface area contributed by atoms with E-state index in [2.05, 4.69) is 5.32 Å². The number of hydrogen-bond acceptors (Lipinski definition) is 3. The van der Waals surface area contributed by atoms with Crippen molar-refractivity contribution in [1.29, 1.82) is 0 Å². The van der Waals surface area contributed by atoms with Gasteiger partial charge >= 0.3 is 0 Å². The van der Waals surface area contributed by atoms with Gasteiger partial charge in [-0.3, -0.25) is 14.4 Å². The third-order valence-electron chi connectivity index (χ3n) is 8.08. The second-order valence-electron chi connectivity index (χ2n) is 11.0. The highest BCUT2D eigenvalue weighted by molar-refractivity contribution is 6.36. The van der Waals surface area contributed by atoms with Crippen LogP contribution >= 0.6 is 23.2 Å². The van der Waals surface area contributed by atoms with Crippen LogP contribution in [0.3, 0.4) is 0 Å². The zero-order valence-corrected chi connectivity index (χ0v) is 25.9. The summed E-state index contributed by atoms with van der Waals surface area (Å²) in [6, 6.07) is 25.6. The summed E-state index contributed by atoms with van der Waals surface area (Å²) in [6.07, 6.45) is 1.65. The Hall–Kier alpha value is -3.87. The molecule has 1 N–H and O–H groups in total. The molecule has 1 aliphatic heterocycles. The molecule has 8 heteroatoms. The van der Waals surface area contributed by atoms with Gasteiger partial charge in [-0.15, -0.1) is 0 Å². The van der Waals surface area contributed by atoms with Crippen LogP contribution in [0.1, 0.15) is 54.6 Å². The Morgan fingerprint density at radius 2 is 1.58 bits per heavy atom. The van der Waals surface area contributed by atoms with Crippen LogP contribution in [0.5, 0.6) is 0 Å². The van der Waals surface area contributed by atoms with Crippen LogP contribution in [0.2, 0.25) is 10.0 Å². The maximum atomic E-state index is 14.1. The van der Waals surface area contributed by atoms with Crippen molar-refractivity contribution in [2.75, 3.05) is 11.4 Å². The Bertz CT molecular complexity index is 1620. The van der Waals surface area contributed by atoms with Crippen LogP contribution in [0, 0.1) is 0 Å². The third-order valence-corrected chi connectivity index (χ3v) is 8.79. The number of amides is 3. The molecule has 0 saturated heterocycles. The van der Waals surface area contributed by atoms with Gasteiger partial charge in [-0.05, 0) is 55.0 Å². The van der Waals surface area contributed by atoms with E-state index in [0.29, 0.717) is 40.6 Å². The summed E-state index contributed by atoms with van der Waals surface area (Å²) in [5.41, 5.74) is 3.06. The first-order valence-electron chi connectivity index (χ1n) is 14.7. The van der Waals surface area contributed by atoms with E-state index in [4.69, 9.17) is 23.2 Å². The van der Waals surface area contributed by atoms with E-state index in [1.54, 1.807) is 28.0 Å². The lowest BCUT2D eigenvalue weighted by Gasteiger charge is -2.33. The van der Waals surface area contributed by atoms with Gasteiger partial charge in [0.2, 0.25) is 11.8 Å². The average Bonchev–Trinajstić information content (AvgIpc) is 3.28. The van der Waals surface area contributed by atoms with Crippen molar-refractivity contribution in [3.63, 3.8) is 0 Å². The fourth-order valence-electron chi connectivity index (χ4n) is 5.58. The average molecular weight is 617 g/mol. The molecule has 43 heavy (non-hydrogen) atoms. The van der Waals surface area contributed by atoms with E-state index in [0.717, 1.165) is 28.4 Å². The molecule has 0 radical (unpaired) electrons. The number of rotatable bonds is 12. The fraction of sp³-hybridized carbons (Fsp3) is 0.286. The molecule has 0 aliphatic carbocycles. The number of anilines is 1. The molecule has 222 valence electrons. The first-order valence-corrected chi connectivity index (χ1v) is 15.4. The number of nitrogens with one attached hydrogen (secondary N) is 1. The van der Waals surface area contributed by atoms with Gasteiger partial charge in [-0.25, -0.2) is 0 Å². The van der Waals surface area contributed by atoms with Gasteiger partial charge < -0.3 is 15.1 Å². The smallest absolute Gasteiger partial charge is 0.258 e. The molecule has 0 aromatic heterocycles. The van der Waals surface area contributed by atoms with Crippen molar-refractivity contribution in [2.24, 2.45) is 0 Å². The number of nitrogens with zero attached hydrogens (tertiary/aromatic N) is 2. The standard InChI is InChI=1S/C35H35Cl2N3O3/c1-3-23(2)38-34(42)31(21-24-11-5-4-6-12-24)40(22-27-28(36)16-9-17-29(27)37)32(41)19-10-20-39-30-18-8-14-25-13-7-15-26(33(25)30)35(39)43/h4-9,11-18,23,31H,3,10,19-22H2,1-2H3,(H,38,42)/t23-,31+/m1/s1. The third kappa shape index (κ3) is 6.71. The second kappa shape index (κ2) is 13.6. The Balaban J connectivity index is 1.41. The van der Waals surface area contributed by atoms with E-state index in [1.165, 1.54) is 0 Å². The van der Waals surface area contributed by atoms with Gasteiger partial charge in [-0.2, -0.15) is 0 Å². The molecular formula is C35H35Cl2N3O3. The summed E-state index contributed by atoms with van der Waals surface area (Å²) in [5, 5.41) is 5.90. The first-order chi connectivity index (χ1) is 20.8. The van der Waals surface area contributed by atoms with Gasteiger partial charge in [0.05, 0.1) is 5.69 Å². The minimum absolute atomic E-state index is 0.0582. The number of benzene rings is 4. The van der Waals surface area contributed by atoms with E-state index in [1.807, 2.05) is 80.6 Å². The molecule has 1 heterocycles. The highest BCUT2D eigenvalue weighted by Gasteiger charge is 2.33. The predicted octanol–water partition coefficient (Wildman–Crippen LogP) is 7.44. The van der Waals surface area contributed by atoms with Gasteiger partial charge in [0.15, 0.2) is 0 Å². The summed E-state index contributed by atoms with van der Waals surface area (Å²) in [7, 11) is 0. The molecule has 2 atom stereocenters. The molecule has 0 unspecified atom stereocenters. The largest absolute Gasteiger partial charge is 0.352 e. The minimum atomic E-state index is -0.789. The van der Waals surface area contributed by atoms with Crippen molar-refractivity contribution in [3.8, 4) is 0 Å². The molecule has 0 saturated carbocycles. The van der Waals surface area contributed by atoms with Crippen LogP contribution in [0.25, 0.3) is 10.8 Å². The van der Waals surface area contributed by atoms with Crippen molar-refractivity contribution in [1.82, 2.24) is 10.2 Å². The summed E-state index contributed by atoms with van der Waals surface area (Å²) >= 11 is 13.1. The minimum Gasteiger partial charge on any atom is -0.352 e. The molecular weight excluding hydrogens is 581 g/mol. The van der Waals surface area contributed by atoms with Crippen molar-refractivity contribution in [3.05, 3.63) is 112 Å². The molecule has 0 spiro atoms. The monoisotopic (exact) mass is 615 g/mol. The Morgan fingerprint density at radius 1 is 0.907 bits per heavy atom. The van der Waals surface area contributed by atoms with Crippen LogP contribution in [-0.2, 0) is 22.6 Å². The lowest BCUT2D eigenvalue weighted by Crippen LogP contribution is -2.52. The number of carbonyl (C=O) groups excluding carboxylic acids is 3. The molecule has 0 bridgehead atoms. The van der Waals surface area contributed by atoms with Crippen molar-refractivity contribution >= 4 is 57.4 Å². The highest BCUT2D eigenvalue weighted by atomic mass is 35.5. The van der Waals surface area contributed by atoms with Gasteiger partial charge in [0, 0.05) is 58.5 Å². The Labute approximate surface area is 262 Å². The second-order valence-corrected chi connectivity index (χ2v) is 11.8. The van der Waals surface area contributed by atoms with E-state index < -0.39 is 6.04 Å². The maximum absolute atomic E-state index is 14.1. The van der Waals surface area contributed by atoms with E-state index in [-0.39, 0.29) is 36.7 Å². The SMILES string of the molecule is CC[C@@H](C)NC(=O)[C@H](Cc1ccccc1)N(Cc1c(Cl)cccc1Cl)C(=O)CCCN1C(=O)c2cccc3cccc1c23. The molecule has 0 fully saturated rings. The quantitative estimate of drug-likeness (QED) is 0.180. The van der Waals surface area contributed by atoms with E-state index in [9.17, 15) is 14.4 Å². The summed E-state index contributed by atoms with van der Waals surface area (Å²) in [5.74, 6) is -0.501. The number of hydrogen-bond donors (Lipinski definition) is 1. The highest BCUT2D eigenvalue weighted by Crippen LogP contribution is 2.37. The molecule has 4 aromatic carbocycles.